The van der Waals surface area contributed by atoms with Crippen LogP contribution in [-0.2, 0) is 4.79 Å². The zero-order chi connectivity index (χ0) is 18.1. The van der Waals surface area contributed by atoms with Gasteiger partial charge in [0.2, 0.25) is 0 Å². The first-order chi connectivity index (χ1) is 12.1. The lowest BCUT2D eigenvalue weighted by Gasteiger charge is -2.23. The maximum absolute atomic E-state index is 12.5. The second-order valence-electron chi connectivity index (χ2n) is 6.01. The Labute approximate surface area is 171 Å². The summed E-state index contributed by atoms with van der Waals surface area (Å²) < 4.78 is 3.03. The van der Waals surface area contributed by atoms with Gasteiger partial charge in [0, 0.05) is 23.3 Å². The third-order valence-corrected chi connectivity index (χ3v) is 7.13. The zero-order valence-corrected chi connectivity index (χ0v) is 18.4. The number of nitrogens with zero attached hydrogens (tertiary/aromatic N) is 2. The summed E-state index contributed by atoms with van der Waals surface area (Å²) in [5.41, 5.74) is 1.13. The molecule has 0 bridgehead atoms. The van der Waals surface area contributed by atoms with Crippen molar-refractivity contribution in [1.29, 1.82) is 0 Å². The Morgan fingerprint density at radius 1 is 1.20 bits per heavy atom. The Kier molecular flexibility index (Phi) is 9.28. The minimum atomic E-state index is -0.0229. The second kappa shape index (κ2) is 11.2. The van der Waals surface area contributed by atoms with Crippen molar-refractivity contribution in [2.75, 3.05) is 0 Å². The van der Waals surface area contributed by atoms with Gasteiger partial charge in [-0.3, -0.25) is 4.79 Å². The first-order valence-electron chi connectivity index (χ1n) is 8.68. The highest BCUT2D eigenvalue weighted by molar-refractivity contribution is 9.10. The van der Waals surface area contributed by atoms with Crippen molar-refractivity contribution in [2.24, 2.45) is 0 Å². The molecule has 0 amide bonds. The lowest BCUT2D eigenvalue weighted by atomic mass is 10.1. The molecule has 0 aliphatic heterocycles. The van der Waals surface area contributed by atoms with E-state index in [-0.39, 0.29) is 15.3 Å². The van der Waals surface area contributed by atoms with E-state index in [0.717, 1.165) is 22.9 Å². The largest absolute Gasteiger partial charge is 0.323 e. The Bertz CT molecular complexity index is 631. The first kappa shape index (κ1) is 20.7. The highest BCUT2D eigenvalue weighted by atomic mass is 79.9. The molecule has 1 aromatic heterocycles. The van der Waals surface area contributed by atoms with Crippen LogP contribution in [0.25, 0.3) is 0 Å². The van der Waals surface area contributed by atoms with Gasteiger partial charge in [0.25, 0.3) is 0 Å². The van der Waals surface area contributed by atoms with Gasteiger partial charge in [-0.2, -0.15) is 0 Å². The van der Waals surface area contributed by atoms with Crippen molar-refractivity contribution in [3.63, 3.8) is 0 Å². The van der Waals surface area contributed by atoms with Gasteiger partial charge in [0.05, 0.1) is 11.6 Å². The number of rotatable bonds is 10. The number of carbonyl (C=O) groups is 1. The van der Waals surface area contributed by atoms with E-state index < -0.39 is 0 Å². The van der Waals surface area contributed by atoms with Gasteiger partial charge in [-0.25, -0.2) is 4.98 Å². The van der Waals surface area contributed by atoms with Gasteiger partial charge in [-0.05, 0) is 24.1 Å². The van der Waals surface area contributed by atoms with Gasteiger partial charge in [-0.15, -0.1) is 0 Å². The van der Waals surface area contributed by atoms with Crippen LogP contribution in [0.3, 0.4) is 0 Å². The molecule has 136 valence electrons. The van der Waals surface area contributed by atoms with Crippen molar-refractivity contribution in [2.45, 2.75) is 55.6 Å². The average Bonchev–Trinajstić information content (AvgIpc) is 3.14. The van der Waals surface area contributed by atoms with Crippen molar-refractivity contribution in [3.05, 3.63) is 53.0 Å². The molecule has 2 aromatic rings. The summed E-state index contributed by atoms with van der Waals surface area (Å²) in [6.45, 7) is 2.20. The van der Waals surface area contributed by atoms with Crippen LogP contribution in [0.2, 0.25) is 0 Å². The van der Waals surface area contributed by atoms with E-state index in [2.05, 4.69) is 55.9 Å². The average molecular weight is 488 g/mol. The standard InChI is InChI=1S/C19H24Br2N2OS/c1-2-3-4-5-6-7-17(24)25-18(15-8-10-16(20)11-9-15)19(21)23-13-12-22-14-23/h8-14,18-19H,2-7H2,1H3. The van der Waals surface area contributed by atoms with Crippen LogP contribution in [0.15, 0.2) is 47.5 Å². The highest BCUT2D eigenvalue weighted by Crippen LogP contribution is 2.43. The minimum Gasteiger partial charge on any atom is -0.323 e. The van der Waals surface area contributed by atoms with Crippen molar-refractivity contribution < 1.29 is 4.79 Å². The van der Waals surface area contributed by atoms with Crippen LogP contribution < -0.4 is 0 Å². The Hall–Kier alpha value is -0.590. The molecule has 0 saturated carbocycles. The summed E-state index contributed by atoms with van der Waals surface area (Å²) in [5.74, 6) is 0. The van der Waals surface area contributed by atoms with Crippen molar-refractivity contribution >= 4 is 48.7 Å². The van der Waals surface area contributed by atoms with E-state index >= 15 is 0 Å². The first-order valence-corrected chi connectivity index (χ1v) is 11.3. The number of thioether (sulfide) groups is 1. The van der Waals surface area contributed by atoms with Crippen molar-refractivity contribution in [3.8, 4) is 0 Å². The fourth-order valence-corrected chi connectivity index (χ4v) is 4.81. The lowest BCUT2D eigenvalue weighted by molar-refractivity contribution is -0.111. The third kappa shape index (κ3) is 6.91. The molecule has 0 aliphatic rings. The fraction of sp³-hybridized carbons (Fsp3) is 0.474. The molecule has 0 N–H and O–H groups in total. The molecule has 25 heavy (non-hydrogen) atoms. The summed E-state index contributed by atoms with van der Waals surface area (Å²) in [7, 11) is 0. The molecule has 2 unspecified atom stereocenters. The number of halogens is 2. The Morgan fingerprint density at radius 3 is 2.56 bits per heavy atom. The zero-order valence-electron chi connectivity index (χ0n) is 14.4. The molecule has 0 radical (unpaired) electrons. The third-order valence-electron chi connectivity index (χ3n) is 4.00. The molecule has 0 fully saturated rings. The summed E-state index contributed by atoms with van der Waals surface area (Å²) in [4.78, 5) is 16.6. The van der Waals surface area contributed by atoms with Crippen LogP contribution in [-0.4, -0.2) is 14.7 Å². The number of benzene rings is 1. The van der Waals surface area contributed by atoms with Crippen LogP contribution in [0.4, 0.5) is 0 Å². The van der Waals surface area contributed by atoms with Crippen molar-refractivity contribution in [1.82, 2.24) is 9.55 Å². The summed E-state index contributed by atoms with van der Waals surface area (Å²) in [6.07, 6.45) is 11.9. The number of hydrogen-bond acceptors (Lipinski definition) is 3. The monoisotopic (exact) mass is 486 g/mol. The van der Waals surface area contributed by atoms with Gasteiger partial charge in [0.1, 0.15) is 4.95 Å². The lowest BCUT2D eigenvalue weighted by Crippen LogP contribution is -2.11. The summed E-state index contributed by atoms with van der Waals surface area (Å²) >= 11 is 8.66. The molecule has 0 spiro atoms. The van der Waals surface area contributed by atoms with Crippen LogP contribution in [0, 0.1) is 0 Å². The molecule has 6 heteroatoms. The predicted octanol–water partition coefficient (Wildman–Crippen LogP) is 6.90. The van der Waals surface area contributed by atoms with Gasteiger partial charge >= 0.3 is 0 Å². The number of imidazole rings is 1. The van der Waals surface area contributed by atoms with E-state index in [1.54, 1.807) is 12.5 Å². The normalized spacial score (nSPS) is 13.6. The van der Waals surface area contributed by atoms with E-state index in [9.17, 15) is 4.79 Å². The van der Waals surface area contributed by atoms with E-state index in [1.165, 1.54) is 31.0 Å². The molecular formula is C19H24Br2N2OS. The molecule has 1 heterocycles. The number of alkyl halides is 1. The van der Waals surface area contributed by atoms with Crippen LogP contribution >= 0.6 is 43.6 Å². The predicted molar refractivity (Wildman–Crippen MR) is 113 cm³/mol. The van der Waals surface area contributed by atoms with E-state index in [4.69, 9.17) is 0 Å². The molecule has 0 aliphatic carbocycles. The molecular weight excluding hydrogens is 464 g/mol. The SMILES string of the molecule is CCCCCCCC(=O)SC(c1ccc(Br)cc1)C(Br)n1ccnc1. The summed E-state index contributed by atoms with van der Waals surface area (Å²) in [5, 5.41) is 0.263. The number of hydrogen-bond donors (Lipinski definition) is 0. The topological polar surface area (TPSA) is 34.9 Å². The minimum absolute atomic E-state index is 0.00504. The van der Waals surface area contributed by atoms with E-state index in [0.29, 0.717) is 6.42 Å². The smallest absolute Gasteiger partial charge is 0.189 e. The fourth-order valence-electron chi connectivity index (χ4n) is 2.58. The Morgan fingerprint density at radius 2 is 1.92 bits per heavy atom. The summed E-state index contributed by atoms with van der Waals surface area (Å²) in [6, 6.07) is 8.18. The van der Waals surface area contributed by atoms with Gasteiger partial charge in [-0.1, -0.05) is 88.4 Å². The Balaban J connectivity index is 2.01. The maximum atomic E-state index is 12.5. The quantitative estimate of drug-likeness (QED) is 0.270. The number of carbonyl (C=O) groups excluding carboxylic acids is 1. The van der Waals surface area contributed by atoms with Crippen LogP contribution in [0.1, 0.15) is 61.2 Å². The highest BCUT2D eigenvalue weighted by Gasteiger charge is 2.25. The van der Waals surface area contributed by atoms with Crippen LogP contribution in [0.5, 0.6) is 0 Å². The molecule has 1 aromatic carbocycles. The van der Waals surface area contributed by atoms with E-state index in [1.807, 2.05) is 22.9 Å². The molecule has 2 atom stereocenters. The molecule has 0 saturated heterocycles. The number of aromatic nitrogens is 2. The van der Waals surface area contributed by atoms with Gasteiger partial charge < -0.3 is 4.57 Å². The number of unbranched alkanes of at least 4 members (excludes halogenated alkanes) is 4. The maximum Gasteiger partial charge on any atom is 0.189 e. The second-order valence-corrected chi connectivity index (χ2v) is 9.06. The molecule has 2 rings (SSSR count). The van der Waals surface area contributed by atoms with Gasteiger partial charge in [0.15, 0.2) is 5.12 Å². The molecule has 3 nitrogen and oxygen atoms in total.